The monoisotopic (exact) mass is 178 g/mol. The van der Waals surface area contributed by atoms with Crippen molar-refractivity contribution in [1.82, 2.24) is 0 Å². The van der Waals surface area contributed by atoms with E-state index in [4.69, 9.17) is 0 Å². The Labute approximate surface area is 83.0 Å². The topological polar surface area (TPSA) is 0 Å². The van der Waals surface area contributed by atoms with Gasteiger partial charge < -0.3 is 0 Å². The molecule has 0 nitrogen and oxygen atoms in total. The third-order valence-corrected chi connectivity index (χ3v) is 2.19. The van der Waals surface area contributed by atoms with E-state index in [1.54, 1.807) is 0 Å². The number of hydrogen-bond donors (Lipinski definition) is 0. The lowest BCUT2D eigenvalue weighted by Crippen LogP contribution is -1.93. The zero-order valence-electron chi connectivity index (χ0n) is 9.38. The summed E-state index contributed by atoms with van der Waals surface area (Å²) in [5.41, 5.74) is 1.46. The standard InChI is InChI=1S/C11H16.C2H6/c1-3-10(2)11-8-6-4-5-7-9-11;1-2/h4,6-10H,3,5H2,1-2H3;1-2H3. The van der Waals surface area contributed by atoms with Gasteiger partial charge in [-0.25, -0.2) is 0 Å². The molecule has 0 spiro atoms. The fourth-order valence-corrected chi connectivity index (χ4v) is 1.16. The Balaban J connectivity index is 0.000000671. The highest BCUT2D eigenvalue weighted by atomic mass is 14.1. The van der Waals surface area contributed by atoms with Gasteiger partial charge in [-0.05, 0) is 24.3 Å². The average Bonchev–Trinajstić information content (AvgIpc) is 2.48. The molecule has 1 aliphatic rings. The van der Waals surface area contributed by atoms with Crippen LogP contribution in [-0.4, -0.2) is 0 Å². The third-order valence-electron chi connectivity index (χ3n) is 2.19. The van der Waals surface area contributed by atoms with Gasteiger partial charge in [0.2, 0.25) is 0 Å². The molecule has 0 aromatic heterocycles. The first kappa shape index (κ1) is 12.2. The van der Waals surface area contributed by atoms with E-state index in [1.165, 1.54) is 12.0 Å². The second kappa shape index (κ2) is 7.85. The molecule has 0 aliphatic heterocycles. The molecule has 0 bridgehead atoms. The van der Waals surface area contributed by atoms with Crippen LogP contribution in [0.3, 0.4) is 0 Å². The first-order chi connectivity index (χ1) is 6.34. The Morgan fingerprint density at radius 1 is 1.31 bits per heavy atom. The Bertz CT molecular complexity index is 194. The van der Waals surface area contributed by atoms with Crippen molar-refractivity contribution in [2.45, 2.75) is 40.5 Å². The molecule has 0 saturated heterocycles. The fourth-order valence-electron chi connectivity index (χ4n) is 1.16. The van der Waals surface area contributed by atoms with E-state index in [-0.39, 0.29) is 0 Å². The Kier molecular flexibility index (Phi) is 7.38. The zero-order chi connectivity index (χ0) is 10.1. The summed E-state index contributed by atoms with van der Waals surface area (Å²) < 4.78 is 0. The van der Waals surface area contributed by atoms with Crippen LogP contribution in [0.15, 0.2) is 36.0 Å². The van der Waals surface area contributed by atoms with E-state index < -0.39 is 0 Å². The van der Waals surface area contributed by atoms with Crippen LogP contribution in [0.4, 0.5) is 0 Å². The molecule has 0 heteroatoms. The SMILES string of the molecule is CC.CCC(C)C1=CC=CCC=C1. The summed E-state index contributed by atoms with van der Waals surface area (Å²) in [7, 11) is 0. The predicted molar refractivity (Wildman–Crippen MR) is 61.8 cm³/mol. The molecule has 0 fully saturated rings. The molecule has 1 aliphatic carbocycles. The van der Waals surface area contributed by atoms with Gasteiger partial charge in [0.05, 0.1) is 0 Å². The summed E-state index contributed by atoms with van der Waals surface area (Å²) in [4.78, 5) is 0. The van der Waals surface area contributed by atoms with Crippen LogP contribution in [0.25, 0.3) is 0 Å². The van der Waals surface area contributed by atoms with E-state index >= 15 is 0 Å². The highest BCUT2D eigenvalue weighted by Crippen LogP contribution is 2.17. The smallest absolute Gasteiger partial charge is 0.0163 e. The average molecular weight is 178 g/mol. The fraction of sp³-hybridized carbons (Fsp3) is 0.538. The van der Waals surface area contributed by atoms with Crippen molar-refractivity contribution in [3.8, 4) is 0 Å². The van der Waals surface area contributed by atoms with Gasteiger partial charge in [-0.1, -0.05) is 58.1 Å². The minimum atomic E-state index is 0.703. The van der Waals surface area contributed by atoms with Crippen molar-refractivity contribution in [1.29, 1.82) is 0 Å². The second-order valence-corrected chi connectivity index (χ2v) is 3.04. The minimum absolute atomic E-state index is 0.703. The lowest BCUT2D eigenvalue weighted by atomic mass is 9.98. The summed E-state index contributed by atoms with van der Waals surface area (Å²) in [6.07, 6.45) is 13.3. The molecule has 1 unspecified atom stereocenters. The van der Waals surface area contributed by atoms with Crippen LogP contribution in [0.5, 0.6) is 0 Å². The molecule has 0 amide bonds. The Morgan fingerprint density at radius 3 is 2.62 bits per heavy atom. The van der Waals surface area contributed by atoms with Crippen molar-refractivity contribution in [3.63, 3.8) is 0 Å². The molecule has 0 N–H and O–H groups in total. The van der Waals surface area contributed by atoms with Gasteiger partial charge in [0.15, 0.2) is 0 Å². The first-order valence-electron chi connectivity index (χ1n) is 5.38. The van der Waals surface area contributed by atoms with Crippen LogP contribution in [0.2, 0.25) is 0 Å². The van der Waals surface area contributed by atoms with Crippen LogP contribution < -0.4 is 0 Å². The maximum Gasteiger partial charge on any atom is -0.0163 e. The van der Waals surface area contributed by atoms with E-state index in [0.29, 0.717) is 5.92 Å². The van der Waals surface area contributed by atoms with Crippen LogP contribution >= 0.6 is 0 Å². The largest absolute Gasteiger partial charge is 0.0807 e. The third kappa shape index (κ3) is 4.72. The molecule has 13 heavy (non-hydrogen) atoms. The van der Waals surface area contributed by atoms with Gasteiger partial charge in [0, 0.05) is 0 Å². The molecular weight excluding hydrogens is 156 g/mol. The molecule has 0 heterocycles. The molecule has 0 saturated carbocycles. The van der Waals surface area contributed by atoms with Gasteiger partial charge in [-0.2, -0.15) is 0 Å². The van der Waals surface area contributed by atoms with Crippen molar-refractivity contribution < 1.29 is 0 Å². The molecular formula is C13H22. The first-order valence-corrected chi connectivity index (χ1v) is 5.38. The van der Waals surface area contributed by atoms with Crippen molar-refractivity contribution in [3.05, 3.63) is 36.0 Å². The molecule has 0 aromatic carbocycles. The van der Waals surface area contributed by atoms with E-state index in [2.05, 4.69) is 44.2 Å². The lowest BCUT2D eigenvalue weighted by molar-refractivity contribution is 0.670. The molecule has 0 aromatic rings. The Morgan fingerprint density at radius 2 is 2.00 bits per heavy atom. The van der Waals surface area contributed by atoms with Gasteiger partial charge in [0.25, 0.3) is 0 Å². The van der Waals surface area contributed by atoms with E-state index in [9.17, 15) is 0 Å². The number of hydrogen-bond acceptors (Lipinski definition) is 0. The van der Waals surface area contributed by atoms with Crippen molar-refractivity contribution in [2.75, 3.05) is 0 Å². The summed E-state index contributed by atoms with van der Waals surface area (Å²) in [5.74, 6) is 0.703. The van der Waals surface area contributed by atoms with Crippen LogP contribution in [0.1, 0.15) is 40.5 Å². The summed E-state index contributed by atoms with van der Waals surface area (Å²) in [5, 5.41) is 0. The van der Waals surface area contributed by atoms with Crippen molar-refractivity contribution >= 4 is 0 Å². The van der Waals surface area contributed by atoms with E-state index in [1.807, 2.05) is 13.8 Å². The maximum absolute atomic E-state index is 2.27. The number of rotatable bonds is 2. The summed E-state index contributed by atoms with van der Waals surface area (Å²) in [6, 6.07) is 0. The zero-order valence-corrected chi connectivity index (χ0v) is 9.38. The highest BCUT2D eigenvalue weighted by molar-refractivity contribution is 5.28. The molecule has 1 atom stereocenters. The van der Waals surface area contributed by atoms with E-state index in [0.717, 1.165) is 6.42 Å². The molecule has 1 rings (SSSR count). The molecule has 0 radical (unpaired) electrons. The van der Waals surface area contributed by atoms with Crippen LogP contribution in [-0.2, 0) is 0 Å². The van der Waals surface area contributed by atoms with Gasteiger partial charge in [-0.15, -0.1) is 0 Å². The lowest BCUT2D eigenvalue weighted by Gasteiger charge is -2.07. The number of allylic oxidation sites excluding steroid dienone is 6. The second-order valence-electron chi connectivity index (χ2n) is 3.04. The quantitative estimate of drug-likeness (QED) is 0.584. The maximum atomic E-state index is 2.27. The Hall–Kier alpha value is -0.780. The van der Waals surface area contributed by atoms with Gasteiger partial charge >= 0.3 is 0 Å². The summed E-state index contributed by atoms with van der Waals surface area (Å²) >= 11 is 0. The predicted octanol–water partition coefficient (Wildman–Crippen LogP) is 4.50. The van der Waals surface area contributed by atoms with Crippen molar-refractivity contribution in [2.24, 2.45) is 5.92 Å². The normalized spacial score (nSPS) is 16.8. The minimum Gasteiger partial charge on any atom is -0.0807 e. The molecule has 74 valence electrons. The van der Waals surface area contributed by atoms with Crippen LogP contribution in [0, 0.1) is 5.92 Å². The summed E-state index contributed by atoms with van der Waals surface area (Å²) in [6.45, 7) is 8.50. The van der Waals surface area contributed by atoms with Gasteiger partial charge in [-0.3, -0.25) is 0 Å². The van der Waals surface area contributed by atoms with Gasteiger partial charge in [0.1, 0.15) is 0 Å². The highest BCUT2D eigenvalue weighted by Gasteiger charge is 2.01.